The van der Waals surface area contributed by atoms with E-state index in [9.17, 15) is 9.90 Å². The SMILES string of the molecule is CCC1CC(C(=O)O)C(c2nncn2C2CCCC2)C1. The van der Waals surface area contributed by atoms with E-state index in [2.05, 4.69) is 21.7 Å². The van der Waals surface area contributed by atoms with E-state index in [4.69, 9.17) is 0 Å². The van der Waals surface area contributed by atoms with Crippen molar-refractivity contribution in [3.8, 4) is 0 Å². The van der Waals surface area contributed by atoms with E-state index < -0.39 is 5.97 Å². The minimum absolute atomic E-state index is 0.0422. The minimum Gasteiger partial charge on any atom is -0.481 e. The monoisotopic (exact) mass is 277 g/mol. The van der Waals surface area contributed by atoms with Crippen molar-refractivity contribution < 1.29 is 9.90 Å². The summed E-state index contributed by atoms with van der Waals surface area (Å²) in [5, 5.41) is 17.9. The molecule has 5 heteroatoms. The van der Waals surface area contributed by atoms with Crippen LogP contribution in [0.15, 0.2) is 6.33 Å². The van der Waals surface area contributed by atoms with Crippen molar-refractivity contribution in [2.45, 2.75) is 63.8 Å². The first-order valence-corrected chi connectivity index (χ1v) is 7.83. The summed E-state index contributed by atoms with van der Waals surface area (Å²) in [5.41, 5.74) is 0. The lowest BCUT2D eigenvalue weighted by molar-refractivity contribution is -0.142. The van der Waals surface area contributed by atoms with Crippen LogP contribution < -0.4 is 0 Å². The fourth-order valence-corrected chi connectivity index (χ4v) is 4.02. The largest absolute Gasteiger partial charge is 0.481 e. The molecule has 5 nitrogen and oxygen atoms in total. The van der Waals surface area contributed by atoms with Crippen molar-refractivity contribution in [2.24, 2.45) is 11.8 Å². The number of carbonyl (C=O) groups is 1. The van der Waals surface area contributed by atoms with E-state index in [-0.39, 0.29) is 11.8 Å². The summed E-state index contributed by atoms with van der Waals surface area (Å²) >= 11 is 0. The number of hydrogen-bond acceptors (Lipinski definition) is 3. The second-order valence-electron chi connectivity index (χ2n) is 6.33. The van der Waals surface area contributed by atoms with Crippen LogP contribution in [0.3, 0.4) is 0 Å². The zero-order valence-corrected chi connectivity index (χ0v) is 12.0. The van der Waals surface area contributed by atoms with Gasteiger partial charge in [-0.3, -0.25) is 4.79 Å². The number of hydrogen-bond donors (Lipinski definition) is 1. The fourth-order valence-electron chi connectivity index (χ4n) is 4.02. The van der Waals surface area contributed by atoms with E-state index >= 15 is 0 Å². The van der Waals surface area contributed by atoms with Crippen molar-refractivity contribution in [1.29, 1.82) is 0 Å². The Morgan fingerprint density at radius 1 is 1.40 bits per heavy atom. The summed E-state index contributed by atoms with van der Waals surface area (Å²) < 4.78 is 2.17. The van der Waals surface area contributed by atoms with Crippen molar-refractivity contribution in [2.75, 3.05) is 0 Å². The van der Waals surface area contributed by atoms with Crippen molar-refractivity contribution in [3.63, 3.8) is 0 Å². The van der Waals surface area contributed by atoms with Crippen molar-refractivity contribution in [3.05, 3.63) is 12.2 Å². The van der Waals surface area contributed by atoms with Gasteiger partial charge in [-0.15, -0.1) is 10.2 Å². The molecule has 1 heterocycles. The smallest absolute Gasteiger partial charge is 0.307 e. The third-order valence-corrected chi connectivity index (χ3v) is 5.21. The van der Waals surface area contributed by atoms with Gasteiger partial charge in [-0.25, -0.2) is 0 Å². The summed E-state index contributed by atoms with van der Waals surface area (Å²) in [6.07, 6.45) is 9.45. The van der Waals surface area contributed by atoms with Crippen LogP contribution in [-0.2, 0) is 4.79 Å². The molecule has 20 heavy (non-hydrogen) atoms. The molecule has 1 N–H and O–H groups in total. The highest BCUT2D eigenvalue weighted by molar-refractivity contribution is 5.71. The predicted molar refractivity (Wildman–Crippen MR) is 74.4 cm³/mol. The number of nitrogens with zero attached hydrogens (tertiary/aromatic N) is 3. The van der Waals surface area contributed by atoms with E-state index in [0.29, 0.717) is 12.0 Å². The molecule has 2 aliphatic rings. The molecular formula is C15H23N3O2. The molecule has 3 atom stereocenters. The Hall–Kier alpha value is -1.39. The van der Waals surface area contributed by atoms with Crippen LogP contribution in [0.2, 0.25) is 0 Å². The predicted octanol–water partition coefficient (Wildman–Crippen LogP) is 3.00. The quantitative estimate of drug-likeness (QED) is 0.918. The summed E-state index contributed by atoms with van der Waals surface area (Å²) in [4.78, 5) is 11.5. The van der Waals surface area contributed by atoms with Crippen LogP contribution in [0.25, 0.3) is 0 Å². The van der Waals surface area contributed by atoms with Gasteiger partial charge in [0.25, 0.3) is 0 Å². The maximum absolute atomic E-state index is 11.5. The van der Waals surface area contributed by atoms with Crippen LogP contribution in [0.1, 0.15) is 69.7 Å². The first kappa shape index (κ1) is 13.6. The number of aliphatic carboxylic acids is 1. The first-order valence-electron chi connectivity index (χ1n) is 7.83. The van der Waals surface area contributed by atoms with Gasteiger partial charge in [-0.2, -0.15) is 0 Å². The van der Waals surface area contributed by atoms with Crippen molar-refractivity contribution >= 4 is 5.97 Å². The standard InChI is InChI=1S/C15H23N3O2/c1-2-10-7-12(13(8-10)15(19)20)14-17-16-9-18(14)11-5-3-4-6-11/h9-13H,2-8H2,1H3,(H,19,20). The van der Waals surface area contributed by atoms with Crippen LogP contribution in [0, 0.1) is 11.8 Å². The zero-order valence-electron chi connectivity index (χ0n) is 12.0. The normalized spacial score (nSPS) is 30.9. The first-order chi connectivity index (χ1) is 9.70. The maximum Gasteiger partial charge on any atom is 0.307 e. The Balaban J connectivity index is 1.87. The van der Waals surface area contributed by atoms with Gasteiger partial charge in [0.2, 0.25) is 0 Å². The molecule has 2 fully saturated rings. The van der Waals surface area contributed by atoms with Gasteiger partial charge in [0.1, 0.15) is 12.2 Å². The van der Waals surface area contributed by atoms with Gasteiger partial charge in [-0.1, -0.05) is 26.2 Å². The summed E-state index contributed by atoms with van der Waals surface area (Å²) in [7, 11) is 0. The molecule has 1 aromatic rings. The average molecular weight is 277 g/mol. The Morgan fingerprint density at radius 3 is 2.80 bits per heavy atom. The molecule has 0 saturated heterocycles. The molecule has 0 aromatic carbocycles. The zero-order chi connectivity index (χ0) is 14.1. The van der Waals surface area contributed by atoms with Gasteiger partial charge >= 0.3 is 5.97 Å². The number of rotatable bonds is 4. The molecule has 110 valence electrons. The van der Waals surface area contributed by atoms with Crippen LogP contribution in [0.5, 0.6) is 0 Å². The lowest BCUT2D eigenvalue weighted by atomic mass is 9.95. The third kappa shape index (κ3) is 2.34. The average Bonchev–Trinajstić information content (AvgIpc) is 3.16. The summed E-state index contributed by atoms with van der Waals surface area (Å²) in [6, 6.07) is 0.482. The van der Waals surface area contributed by atoms with Crippen LogP contribution in [-0.4, -0.2) is 25.8 Å². The second kappa shape index (κ2) is 5.54. The molecule has 0 amide bonds. The molecule has 3 rings (SSSR count). The molecular weight excluding hydrogens is 254 g/mol. The molecule has 2 saturated carbocycles. The Bertz CT molecular complexity index is 479. The Morgan fingerprint density at radius 2 is 2.15 bits per heavy atom. The number of carboxylic acids is 1. The highest BCUT2D eigenvalue weighted by atomic mass is 16.4. The van der Waals surface area contributed by atoms with E-state index in [0.717, 1.165) is 25.1 Å². The Kier molecular flexibility index (Phi) is 3.76. The highest BCUT2D eigenvalue weighted by Crippen LogP contribution is 2.45. The van der Waals surface area contributed by atoms with Crippen LogP contribution in [0.4, 0.5) is 0 Å². The summed E-state index contributed by atoms with van der Waals surface area (Å²) in [6.45, 7) is 2.15. The van der Waals surface area contributed by atoms with E-state index in [1.165, 1.54) is 25.7 Å². The Labute approximate surface area is 119 Å². The minimum atomic E-state index is -0.674. The van der Waals surface area contributed by atoms with Gasteiger partial charge < -0.3 is 9.67 Å². The van der Waals surface area contributed by atoms with Crippen LogP contribution >= 0.6 is 0 Å². The van der Waals surface area contributed by atoms with Gasteiger partial charge in [0.15, 0.2) is 0 Å². The lowest BCUT2D eigenvalue weighted by Crippen LogP contribution is -2.21. The van der Waals surface area contributed by atoms with E-state index in [1.54, 1.807) is 0 Å². The molecule has 0 spiro atoms. The van der Waals surface area contributed by atoms with Gasteiger partial charge in [-0.05, 0) is 31.6 Å². The topological polar surface area (TPSA) is 68.0 Å². The van der Waals surface area contributed by atoms with Gasteiger partial charge in [0, 0.05) is 12.0 Å². The molecule has 0 bridgehead atoms. The molecule has 2 aliphatic carbocycles. The molecule has 0 radical (unpaired) electrons. The van der Waals surface area contributed by atoms with E-state index in [1.807, 2.05) is 6.33 Å². The number of carboxylic acid groups (broad SMARTS) is 1. The van der Waals surface area contributed by atoms with Gasteiger partial charge in [0.05, 0.1) is 5.92 Å². The third-order valence-electron chi connectivity index (χ3n) is 5.21. The molecule has 3 unspecified atom stereocenters. The van der Waals surface area contributed by atoms with Crippen molar-refractivity contribution in [1.82, 2.24) is 14.8 Å². The highest BCUT2D eigenvalue weighted by Gasteiger charge is 2.41. The fraction of sp³-hybridized carbons (Fsp3) is 0.800. The lowest BCUT2D eigenvalue weighted by Gasteiger charge is -2.20. The molecule has 0 aliphatic heterocycles. The maximum atomic E-state index is 11.5. The summed E-state index contributed by atoms with van der Waals surface area (Å²) in [5.74, 6) is 0.506. The number of aromatic nitrogens is 3. The molecule has 1 aromatic heterocycles. The second-order valence-corrected chi connectivity index (χ2v) is 6.33.